The van der Waals surface area contributed by atoms with E-state index < -0.39 is 5.97 Å². The first-order valence-electron chi connectivity index (χ1n) is 7.05. The van der Waals surface area contributed by atoms with Gasteiger partial charge in [0.2, 0.25) is 0 Å². The van der Waals surface area contributed by atoms with Gasteiger partial charge in [0.1, 0.15) is 5.75 Å². The van der Waals surface area contributed by atoms with Crippen molar-refractivity contribution in [2.24, 2.45) is 0 Å². The lowest BCUT2D eigenvalue weighted by molar-refractivity contribution is 0.0602. The lowest BCUT2D eigenvalue weighted by atomic mass is 10.0. The number of H-pyrrole nitrogens is 1. The highest BCUT2D eigenvalue weighted by Crippen LogP contribution is 2.36. The molecule has 0 saturated heterocycles. The van der Waals surface area contributed by atoms with Gasteiger partial charge >= 0.3 is 5.97 Å². The Hall–Kier alpha value is -2.61. The van der Waals surface area contributed by atoms with Gasteiger partial charge in [0.05, 0.1) is 18.2 Å². The van der Waals surface area contributed by atoms with Crippen molar-refractivity contribution < 1.29 is 14.6 Å². The molecule has 22 heavy (non-hydrogen) atoms. The van der Waals surface area contributed by atoms with E-state index in [2.05, 4.69) is 17.8 Å². The minimum Gasteiger partial charge on any atom is -0.506 e. The van der Waals surface area contributed by atoms with Gasteiger partial charge in [-0.1, -0.05) is 20.8 Å². The third kappa shape index (κ3) is 3.34. The first kappa shape index (κ1) is 19.4. The van der Waals surface area contributed by atoms with Crippen LogP contribution < -0.4 is 5.73 Å². The summed E-state index contributed by atoms with van der Waals surface area (Å²) in [5.41, 5.74) is 8.83. The number of hydrogen-bond donors (Lipinski definition) is 3. The number of aryl methyl sites for hydroxylation is 2. The Balaban J connectivity index is 0.00000102. The Morgan fingerprint density at radius 3 is 2.41 bits per heavy atom. The maximum Gasteiger partial charge on any atom is 0.340 e. The van der Waals surface area contributed by atoms with E-state index in [0.717, 1.165) is 5.56 Å². The molecule has 5 nitrogen and oxygen atoms in total. The van der Waals surface area contributed by atoms with Crippen LogP contribution in [0, 0.1) is 19.8 Å². The number of methoxy groups -OCH3 is 1. The molecule has 2 rings (SSSR count). The van der Waals surface area contributed by atoms with Crippen LogP contribution in [0.15, 0.2) is 6.07 Å². The van der Waals surface area contributed by atoms with Crippen molar-refractivity contribution in [2.45, 2.75) is 34.1 Å². The lowest BCUT2D eigenvalue weighted by Crippen LogP contribution is -2.04. The zero-order valence-electron chi connectivity index (χ0n) is 13.8. The molecule has 0 spiro atoms. The topological polar surface area (TPSA) is 88.3 Å². The summed E-state index contributed by atoms with van der Waals surface area (Å²) in [5.74, 6) is -0.392. The number of phenolic OH excluding ortho intramolecular Hbond substituents is 1. The van der Waals surface area contributed by atoms with Crippen LogP contribution in [0.3, 0.4) is 0 Å². The van der Waals surface area contributed by atoms with Crippen LogP contribution >= 0.6 is 0 Å². The summed E-state index contributed by atoms with van der Waals surface area (Å²) in [6.45, 7) is 7.72. The fourth-order valence-electron chi connectivity index (χ4n) is 2.31. The number of phenols is 1. The van der Waals surface area contributed by atoms with Crippen LogP contribution in [0.2, 0.25) is 0 Å². The smallest absolute Gasteiger partial charge is 0.340 e. The fraction of sp³-hybridized carbons (Fsp3) is 0.353. The van der Waals surface area contributed by atoms with E-state index in [-0.39, 0.29) is 5.75 Å². The average Bonchev–Trinajstić information content (AvgIpc) is 2.88. The number of hydrogen-bond acceptors (Lipinski definition) is 4. The second-order valence-electron chi connectivity index (χ2n) is 4.18. The predicted molar refractivity (Wildman–Crippen MR) is 91.1 cm³/mol. The number of anilines is 1. The SMILES string of the molecule is C#C.CC.CCc1c(N)cc(O)c2[nH]c(C)c(C(=O)OC)c12. The van der Waals surface area contributed by atoms with Crippen molar-refractivity contribution in [3.8, 4) is 18.6 Å². The number of terminal acetylenes is 1. The quantitative estimate of drug-likeness (QED) is 0.451. The highest BCUT2D eigenvalue weighted by atomic mass is 16.5. The molecule has 1 aromatic heterocycles. The molecule has 0 aliphatic carbocycles. The minimum absolute atomic E-state index is 0.0398. The van der Waals surface area contributed by atoms with Crippen LogP contribution in [0.5, 0.6) is 5.75 Å². The highest BCUT2D eigenvalue weighted by molar-refractivity contribution is 6.09. The first-order valence-corrected chi connectivity index (χ1v) is 7.05. The number of aromatic amines is 1. The Morgan fingerprint density at radius 2 is 1.95 bits per heavy atom. The summed E-state index contributed by atoms with van der Waals surface area (Å²) in [6, 6.07) is 1.50. The number of aromatic hydroxyl groups is 1. The predicted octanol–water partition coefficient (Wildman–Crippen LogP) is 3.39. The van der Waals surface area contributed by atoms with Gasteiger partial charge in [-0.05, 0) is 18.9 Å². The maximum atomic E-state index is 11.8. The normalized spacial score (nSPS) is 9.23. The molecule has 120 valence electrons. The Kier molecular flexibility index (Phi) is 7.60. The van der Waals surface area contributed by atoms with Gasteiger partial charge in [-0.25, -0.2) is 4.79 Å². The Bertz CT molecular complexity index is 670. The van der Waals surface area contributed by atoms with E-state index in [1.165, 1.54) is 13.2 Å². The van der Waals surface area contributed by atoms with Gasteiger partial charge in [0, 0.05) is 22.8 Å². The molecule has 1 aromatic carbocycles. The van der Waals surface area contributed by atoms with E-state index in [4.69, 9.17) is 10.5 Å². The van der Waals surface area contributed by atoms with E-state index in [9.17, 15) is 9.90 Å². The molecule has 5 heteroatoms. The molecular formula is C17H24N2O3. The van der Waals surface area contributed by atoms with Crippen molar-refractivity contribution in [3.63, 3.8) is 0 Å². The van der Waals surface area contributed by atoms with Crippen molar-refractivity contribution in [2.75, 3.05) is 12.8 Å². The number of fused-ring (bicyclic) bond motifs is 1. The second kappa shape index (κ2) is 8.63. The van der Waals surface area contributed by atoms with E-state index in [0.29, 0.717) is 34.3 Å². The Morgan fingerprint density at radius 1 is 1.41 bits per heavy atom. The van der Waals surface area contributed by atoms with Gasteiger partial charge in [0.25, 0.3) is 0 Å². The zero-order chi connectivity index (χ0) is 17.4. The molecule has 0 atom stereocenters. The van der Waals surface area contributed by atoms with E-state index >= 15 is 0 Å². The number of nitrogens with two attached hydrogens (primary N) is 1. The molecule has 0 radical (unpaired) electrons. The lowest BCUT2D eigenvalue weighted by Gasteiger charge is -2.08. The summed E-state index contributed by atoms with van der Waals surface area (Å²) >= 11 is 0. The van der Waals surface area contributed by atoms with Crippen molar-refractivity contribution in [1.29, 1.82) is 0 Å². The molecule has 0 unspecified atom stereocenters. The number of ether oxygens (including phenoxy) is 1. The van der Waals surface area contributed by atoms with Crippen LogP contribution in [0.25, 0.3) is 10.9 Å². The third-order valence-electron chi connectivity index (χ3n) is 3.13. The number of carbonyl (C=O) groups is 1. The number of carbonyl (C=O) groups excluding carboxylic acids is 1. The average molecular weight is 304 g/mol. The molecule has 0 aliphatic rings. The maximum absolute atomic E-state index is 11.8. The number of nitrogen functional groups attached to an aromatic ring is 1. The molecule has 0 bridgehead atoms. The third-order valence-corrected chi connectivity index (χ3v) is 3.13. The molecule has 2 aromatic rings. The molecule has 1 heterocycles. The Labute approximate surface area is 131 Å². The van der Waals surface area contributed by atoms with Gasteiger partial charge in [-0.3, -0.25) is 0 Å². The highest BCUT2D eigenvalue weighted by Gasteiger charge is 2.22. The van der Waals surface area contributed by atoms with Gasteiger partial charge in [-0.15, -0.1) is 12.8 Å². The molecule has 0 saturated carbocycles. The molecule has 0 aliphatic heterocycles. The van der Waals surface area contributed by atoms with Crippen LogP contribution in [0.1, 0.15) is 42.4 Å². The number of aromatic nitrogens is 1. The van der Waals surface area contributed by atoms with Gasteiger partial charge in [0.15, 0.2) is 0 Å². The minimum atomic E-state index is -0.432. The summed E-state index contributed by atoms with van der Waals surface area (Å²) in [5, 5.41) is 10.6. The monoisotopic (exact) mass is 304 g/mol. The molecule has 4 N–H and O–H groups in total. The van der Waals surface area contributed by atoms with Crippen LogP contribution in [-0.4, -0.2) is 23.2 Å². The number of nitrogens with one attached hydrogen (secondary N) is 1. The fourth-order valence-corrected chi connectivity index (χ4v) is 2.31. The van der Waals surface area contributed by atoms with Crippen LogP contribution in [-0.2, 0) is 11.2 Å². The summed E-state index contributed by atoms with van der Waals surface area (Å²) in [7, 11) is 1.33. The largest absolute Gasteiger partial charge is 0.506 e. The van der Waals surface area contributed by atoms with Crippen LogP contribution in [0.4, 0.5) is 5.69 Å². The van der Waals surface area contributed by atoms with Crippen molar-refractivity contribution >= 4 is 22.6 Å². The second-order valence-corrected chi connectivity index (χ2v) is 4.18. The first-order chi connectivity index (χ1) is 10.5. The number of benzene rings is 1. The summed E-state index contributed by atoms with van der Waals surface area (Å²) in [6.07, 6.45) is 8.67. The van der Waals surface area contributed by atoms with E-state index in [1.807, 2.05) is 20.8 Å². The summed E-state index contributed by atoms with van der Waals surface area (Å²) in [4.78, 5) is 14.8. The zero-order valence-corrected chi connectivity index (χ0v) is 13.8. The molecule has 0 fully saturated rings. The van der Waals surface area contributed by atoms with E-state index in [1.54, 1.807) is 6.92 Å². The molecule has 0 amide bonds. The van der Waals surface area contributed by atoms with Crippen molar-refractivity contribution in [3.05, 3.63) is 22.9 Å². The van der Waals surface area contributed by atoms with Crippen molar-refractivity contribution in [1.82, 2.24) is 4.98 Å². The standard InChI is InChI=1S/C13H16N2O3.C2H6.C2H2/c1-4-7-8(14)5-9(16)12-11(7)10(6(2)15-12)13(17)18-3;2*1-2/h5,15-16H,4,14H2,1-3H3;1-2H3;1-2H. The van der Waals surface area contributed by atoms with Gasteiger partial charge in [-0.2, -0.15) is 0 Å². The van der Waals surface area contributed by atoms with Gasteiger partial charge < -0.3 is 20.6 Å². The summed E-state index contributed by atoms with van der Waals surface area (Å²) < 4.78 is 4.78. The molecular weight excluding hydrogens is 280 g/mol. The number of esters is 1. The number of rotatable bonds is 2.